The van der Waals surface area contributed by atoms with Crippen LogP contribution in [0, 0.1) is 0 Å². The van der Waals surface area contributed by atoms with Gasteiger partial charge in [0.1, 0.15) is 0 Å². The molecule has 0 saturated carbocycles. The summed E-state index contributed by atoms with van der Waals surface area (Å²) in [6, 6.07) is 18.6. The number of nitrogens with zero attached hydrogens (tertiary/aromatic N) is 4. The van der Waals surface area contributed by atoms with Crippen molar-refractivity contribution in [2.24, 2.45) is 0 Å². The molecule has 5 heteroatoms. The first-order valence-corrected chi connectivity index (χ1v) is 11.6. The Labute approximate surface area is 214 Å². The van der Waals surface area contributed by atoms with Crippen LogP contribution in [0.25, 0.3) is 43.2 Å². The zero-order valence-corrected chi connectivity index (χ0v) is 23.5. The maximum atomic E-state index is 4.52. The van der Waals surface area contributed by atoms with Gasteiger partial charge in [-0.1, -0.05) is 91.8 Å². The number of benzene rings is 2. The van der Waals surface area contributed by atoms with Crippen LogP contribution in [0.15, 0.2) is 60.9 Å². The van der Waals surface area contributed by atoms with Crippen LogP contribution in [-0.2, 0) is 21.1 Å². The van der Waals surface area contributed by atoms with E-state index >= 15 is 0 Å². The molecule has 4 nitrogen and oxygen atoms in total. The van der Waals surface area contributed by atoms with E-state index in [1.165, 1.54) is 5.39 Å². The number of aromatic nitrogens is 2. The Bertz CT molecular complexity index is 1010. The molecule has 0 fully saturated rings. The molecule has 2 aromatic carbocycles. The fraction of sp³-hybridized carbons (Fsp3) is 0.429. The van der Waals surface area contributed by atoms with Gasteiger partial charge in [-0.15, -0.1) is 24.2 Å². The second kappa shape index (κ2) is 14.4. The van der Waals surface area contributed by atoms with E-state index in [9.17, 15) is 0 Å². The van der Waals surface area contributed by atoms with Crippen LogP contribution in [0.1, 0.15) is 55.4 Å². The molecule has 0 spiro atoms. The van der Waals surface area contributed by atoms with Crippen LogP contribution in [0.2, 0.25) is 0 Å². The molecule has 2 aromatic heterocycles. The molecule has 0 N–H and O–H groups in total. The summed E-state index contributed by atoms with van der Waals surface area (Å²) in [5.74, 6) is 0. The molecule has 33 heavy (non-hydrogen) atoms. The van der Waals surface area contributed by atoms with Crippen molar-refractivity contribution in [1.82, 2.24) is 9.97 Å². The summed E-state index contributed by atoms with van der Waals surface area (Å²) in [7, 11) is 0. The van der Waals surface area contributed by atoms with E-state index in [1.807, 2.05) is 24.5 Å². The predicted octanol–water partition coefficient (Wildman–Crippen LogP) is 8.29. The third-order valence-corrected chi connectivity index (χ3v) is 4.52. The van der Waals surface area contributed by atoms with Gasteiger partial charge in [0.25, 0.3) is 0 Å². The first-order chi connectivity index (χ1) is 15.2. The first-order valence-electron chi connectivity index (χ1n) is 11.6. The molecule has 0 saturated heterocycles. The summed E-state index contributed by atoms with van der Waals surface area (Å²) in [6.45, 7) is 16.8. The van der Waals surface area contributed by atoms with Crippen LogP contribution in [0.5, 0.6) is 0 Å². The second-order valence-electron chi connectivity index (χ2n) is 9.05. The fourth-order valence-corrected chi connectivity index (χ4v) is 3.68. The van der Waals surface area contributed by atoms with Gasteiger partial charge in [-0.05, 0) is 17.5 Å². The first kappa shape index (κ1) is 29.2. The van der Waals surface area contributed by atoms with Gasteiger partial charge < -0.3 is 10.6 Å². The molecule has 0 amide bonds. The van der Waals surface area contributed by atoms with E-state index in [0.717, 1.165) is 27.2 Å². The number of hydrogen-bond donors (Lipinski definition) is 0. The number of fused-ring (bicyclic) bond motifs is 5. The molecular weight excluding hydrogens is 587 g/mol. The van der Waals surface area contributed by atoms with Crippen molar-refractivity contribution in [2.75, 3.05) is 0 Å². The maximum Gasteiger partial charge on any atom is 2.00 e. The molecule has 4 aromatic rings. The molecular formula is C28H38N4Pt. The molecule has 0 aliphatic carbocycles. The second-order valence-corrected chi connectivity index (χ2v) is 9.05. The van der Waals surface area contributed by atoms with Crippen LogP contribution >= 0.6 is 0 Å². The van der Waals surface area contributed by atoms with Crippen molar-refractivity contribution in [2.45, 2.75) is 79.6 Å². The van der Waals surface area contributed by atoms with E-state index < -0.39 is 0 Å². The summed E-state index contributed by atoms with van der Waals surface area (Å²) in [5, 5.41) is 13.2. The number of pyridine rings is 2. The normalized spacial score (nSPS) is 10.9. The predicted molar refractivity (Wildman–Crippen MR) is 142 cm³/mol. The Hall–Kier alpha value is -1.87. The Morgan fingerprint density at radius 1 is 0.515 bits per heavy atom. The summed E-state index contributed by atoms with van der Waals surface area (Å²) >= 11 is 0. The number of rotatable bonds is 4. The zero-order valence-electron chi connectivity index (χ0n) is 21.2. The maximum absolute atomic E-state index is 4.52. The van der Waals surface area contributed by atoms with Crippen molar-refractivity contribution in [3.63, 3.8) is 0 Å². The van der Waals surface area contributed by atoms with E-state index in [-0.39, 0.29) is 21.1 Å². The Morgan fingerprint density at radius 3 is 1.15 bits per heavy atom. The molecule has 4 rings (SSSR count). The van der Waals surface area contributed by atoms with Gasteiger partial charge >= 0.3 is 21.1 Å². The van der Waals surface area contributed by atoms with Crippen LogP contribution in [0.3, 0.4) is 0 Å². The summed E-state index contributed by atoms with van der Waals surface area (Å²) in [5.41, 5.74) is 2.05. The SMILES string of the molecule is CC(C)[N-]C(C)C.CC(C)[N-]C(C)C.[Pt+2].c1cnc2c(c1)ccc1ccc3cccnc3c12. The van der Waals surface area contributed by atoms with E-state index in [2.05, 4.69) is 112 Å². The molecule has 2 heterocycles. The minimum atomic E-state index is 0. The summed E-state index contributed by atoms with van der Waals surface area (Å²) in [4.78, 5) is 9.04. The molecule has 0 atom stereocenters. The largest absolute Gasteiger partial charge is 2.00 e. The van der Waals surface area contributed by atoms with Gasteiger partial charge in [-0.2, -0.15) is 0 Å². The van der Waals surface area contributed by atoms with E-state index in [1.54, 1.807) is 0 Å². The summed E-state index contributed by atoms with van der Waals surface area (Å²) < 4.78 is 0. The van der Waals surface area contributed by atoms with Crippen LogP contribution in [0.4, 0.5) is 0 Å². The van der Waals surface area contributed by atoms with Gasteiger partial charge in [-0.3, -0.25) is 9.97 Å². The zero-order chi connectivity index (χ0) is 23.7. The van der Waals surface area contributed by atoms with Gasteiger partial charge in [0, 0.05) is 28.6 Å². The van der Waals surface area contributed by atoms with Crippen LogP contribution in [-0.4, -0.2) is 34.1 Å². The number of hydrogen-bond acceptors (Lipinski definition) is 2. The molecule has 0 unspecified atom stereocenters. The topological polar surface area (TPSA) is 54.0 Å². The van der Waals surface area contributed by atoms with Crippen molar-refractivity contribution in [3.05, 3.63) is 71.6 Å². The Morgan fingerprint density at radius 2 is 0.848 bits per heavy atom. The van der Waals surface area contributed by atoms with Crippen molar-refractivity contribution < 1.29 is 21.1 Å². The van der Waals surface area contributed by atoms with Gasteiger partial charge in [0.05, 0.1) is 11.0 Å². The van der Waals surface area contributed by atoms with Crippen molar-refractivity contribution in [3.8, 4) is 0 Å². The quantitative estimate of drug-likeness (QED) is 0.214. The third kappa shape index (κ3) is 9.49. The molecule has 0 bridgehead atoms. The Kier molecular flexibility index (Phi) is 12.7. The standard InChI is InChI=1S/C16H10N2.2C6H14N.Pt/c1-3-12-7-5-11-6-8-13-4-2-10-18-16(13)14(11)15(12)17-9-1;2*1-5(2)7-6(3)4;/h1-10H;2*5-6H,1-4H3;/q;2*-1;+2. The summed E-state index contributed by atoms with van der Waals surface area (Å²) in [6.07, 6.45) is 3.67. The van der Waals surface area contributed by atoms with Crippen LogP contribution < -0.4 is 0 Å². The van der Waals surface area contributed by atoms with Crippen molar-refractivity contribution in [1.29, 1.82) is 0 Å². The van der Waals surface area contributed by atoms with Gasteiger partial charge in [-0.25, -0.2) is 0 Å². The average molecular weight is 626 g/mol. The van der Waals surface area contributed by atoms with Crippen molar-refractivity contribution >= 4 is 32.6 Å². The third-order valence-electron chi connectivity index (χ3n) is 4.52. The molecule has 0 aliphatic heterocycles. The molecule has 0 aliphatic rings. The molecule has 180 valence electrons. The van der Waals surface area contributed by atoms with E-state index in [0.29, 0.717) is 24.2 Å². The monoisotopic (exact) mass is 625 g/mol. The average Bonchev–Trinajstić information content (AvgIpc) is 2.72. The minimum absolute atomic E-state index is 0. The van der Waals surface area contributed by atoms with Gasteiger partial charge in [0.15, 0.2) is 0 Å². The molecule has 0 radical (unpaired) electrons. The van der Waals surface area contributed by atoms with E-state index in [4.69, 9.17) is 0 Å². The Balaban J connectivity index is 0.000000307. The fourth-order valence-electron chi connectivity index (χ4n) is 3.68. The smallest absolute Gasteiger partial charge is 0.658 e. The minimum Gasteiger partial charge on any atom is -0.658 e. The van der Waals surface area contributed by atoms with Gasteiger partial charge in [0.2, 0.25) is 0 Å².